The average Bonchev–Trinajstić information content (AvgIpc) is 2.40. The molecule has 2 rings (SSSR count). The van der Waals surface area contributed by atoms with Crippen LogP contribution < -0.4 is 5.32 Å². The molecule has 1 aromatic heterocycles. The van der Waals surface area contributed by atoms with Crippen molar-refractivity contribution < 1.29 is 4.79 Å². The van der Waals surface area contributed by atoms with Crippen molar-refractivity contribution in [3.05, 3.63) is 23.2 Å². The van der Waals surface area contributed by atoms with Gasteiger partial charge in [0.25, 0.3) is 5.91 Å². The Morgan fingerprint density at radius 2 is 2.11 bits per heavy atom. The van der Waals surface area contributed by atoms with Crippen molar-refractivity contribution in [1.82, 2.24) is 20.2 Å². The van der Waals surface area contributed by atoms with Crippen LogP contribution in [0.4, 0.5) is 0 Å². The average molecular weight is 283 g/mol. The van der Waals surface area contributed by atoms with Gasteiger partial charge in [0.1, 0.15) is 10.8 Å². The molecule has 0 saturated carbocycles. The van der Waals surface area contributed by atoms with Gasteiger partial charge in [0.2, 0.25) is 0 Å². The monoisotopic (exact) mass is 282 g/mol. The summed E-state index contributed by atoms with van der Waals surface area (Å²) >= 11 is 5.64. The van der Waals surface area contributed by atoms with E-state index in [9.17, 15) is 4.79 Å². The Morgan fingerprint density at radius 1 is 1.37 bits per heavy atom. The van der Waals surface area contributed by atoms with Gasteiger partial charge < -0.3 is 10.2 Å². The zero-order chi connectivity index (χ0) is 13.7. The van der Waals surface area contributed by atoms with E-state index in [1.165, 1.54) is 31.7 Å². The molecule has 104 valence electrons. The van der Waals surface area contributed by atoms with Crippen LogP contribution in [0.15, 0.2) is 12.4 Å². The smallest absolute Gasteiger partial charge is 0.271 e. The van der Waals surface area contributed by atoms with Gasteiger partial charge in [-0.05, 0) is 32.9 Å². The van der Waals surface area contributed by atoms with Crippen molar-refractivity contribution in [2.45, 2.75) is 32.2 Å². The van der Waals surface area contributed by atoms with E-state index in [0.717, 1.165) is 19.6 Å². The molecular weight excluding hydrogens is 264 g/mol. The van der Waals surface area contributed by atoms with Crippen LogP contribution in [-0.4, -0.2) is 46.5 Å². The maximum atomic E-state index is 11.9. The Kier molecular flexibility index (Phi) is 5.10. The second-order valence-electron chi connectivity index (χ2n) is 4.96. The van der Waals surface area contributed by atoms with Gasteiger partial charge in [0, 0.05) is 12.6 Å². The first kappa shape index (κ1) is 14.2. The molecule has 6 heteroatoms. The number of hydrogen-bond acceptors (Lipinski definition) is 4. The molecule has 1 aliphatic rings. The number of nitrogens with one attached hydrogen (secondary N) is 1. The molecule has 1 atom stereocenters. The maximum Gasteiger partial charge on any atom is 0.271 e. The molecule has 19 heavy (non-hydrogen) atoms. The number of amides is 1. The summed E-state index contributed by atoms with van der Waals surface area (Å²) in [4.78, 5) is 22.1. The van der Waals surface area contributed by atoms with Gasteiger partial charge in [-0.3, -0.25) is 4.79 Å². The van der Waals surface area contributed by atoms with Gasteiger partial charge in [-0.1, -0.05) is 18.0 Å². The summed E-state index contributed by atoms with van der Waals surface area (Å²) < 4.78 is 0. The van der Waals surface area contributed by atoms with Crippen LogP contribution in [0.3, 0.4) is 0 Å². The third kappa shape index (κ3) is 4.44. The second kappa shape index (κ2) is 6.82. The fourth-order valence-corrected chi connectivity index (χ4v) is 2.40. The number of carbonyl (C=O) groups is 1. The van der Waals surface area contributed by atoms with Crippen LogP contribution in [0, 0.1) is 0 Å². The molecule has 1 aliphatic heterocycles. The Morgan fingerprint density at radius 3 is 2.74 bits per heavy atom. The summed E-state index contributed by atoms with van der Waals surface area (Å²) in [5, 5.41) is 3.23. The van der Waals surface area contributed by atoms with E-state index >= 15 is 0 Å². The summed E-state index contributed by atoms with van der Waals surface area (Å²) in [6.07, 6.45) is 6.60. The van der Waals surface area contributed by atoms with Crippen LogP contribution in [0.1, 0.15) is 36.7 Å². The van der Waals surface area contributed by atoms with Crippen molar-refractivity contribution in [1.29, 1.82) is 0 Å². The van der Waals surface area contributed by atoms with Crippen molar-refractivity contribution in [3.63, 3.8) is 0 Å². The van der Waals surface area contributed by atoms with Crippen molar-refractivity contribution in [3.8, 4) is 0 Å². The number of rotatable bonds is 4. The first-order valence-electron chi connectivity index (χ1n) is 6.66. The van der Waals surface area contributed by atoms with Gasteiger partial charge in [0.15, 0.2) is 0 Å². The summed E-state index contributed by atoms with van der Waals surface area (Å²) in [7, 11) is 0. The van der Waals surface area contributed by atoms with Crippen molar-refractivity contribution >= 4 is 17.5 Å². The zero-order valence-electron chi connectivity index (χ0n) is 11.1. The molecule has 1 aromatic rings. The van der Waals surface area contributed by atoms with E-state index in [-0.39, 0.29) is 17.1 Å². The number of piperidine rings is 1. The van der Waals surface area contributed by atoms with Gasteiger partial charge in [-0.25, -0.2) is 9.97 Å². The normalized spacial score (nSPS) is 18.0. The molecule has 5 nitrogen and oxygen atoms in total. The lowest BCUT2D eigenvalue weighted by Gasteiger charge is -2.29. The first-order chi connectivity index (χ1) is 9.15. The SMILES string of the molecule is CC(CN1CCCCC1)NC(=O)c1cnc(Cl)cn1. The predicted molar refractivity (Wildman–Crippen MR) is 74.3 cm³/mol. The molecule has 0 bridgehead atoms. The largest absolute Gasteiger partial charge is 0.347 e. The first-order valence-corrected chi connectivity index (χ1v) is 7.03. The minimum atomic E-state index is -0.200. The van der Waals surface area contributed by atoms with Crippen LogP contribution in [0.2, 0.25) is 5.15 Å². The van der Waals surface area contributed by atoms with Gasteiger partial charge in [-0.2, -0.15) is 0 Å². The molecule has 0 aromatic carbocycles. The highest BCUT2D eigenvalue weighted by molar-refractivity contribution is 6.29. The Balaban J connectivity index is 1.82. The lowest BCUT2D eigenvalue weighted by atomic mass is 10.1. The standard InChI is InChI=1S/C13H19ClN4O/c1-10(9-18-5-3-2-4-6-18)17-13(19)11-7-16-12(14)8-15-11/h7-8,10H,2-6,9H2,1H3,(H,17,19). The van der Waals surface area contributed by atoms with Gasteiger partial charge >= 0.3 is 0 Å². The minimum Gasteiger partial charge on any atom is -0.347 e. The van der Waals surface area contributed by atoms with Crippen molar-refractivity contribution in [2.24, 2.45) is 0 Å². The summed E-state index contributed by atoms with van der Waals surface area (Å²) in [5.74, 6) is -0.200. The number of aromatic nitrogens is 2. The maximum absolute atomic E-state index is 11.9. The quantitative estimate of drug-likeness (QED) is 0.914. The van der Waals surface area contributed by atoms with Crippen LogP contribution >= 0.6 is 11.6 Å². The number of hydrogen-bond donors (Lipinski definition) is 1. The second-order valence-corrected chi connectivity index (χ2v) is 5.35. The van der Waals surface area contributed by atoms with E-state index in [4.69, 9.17) is 11.6 Å². The Bertz CT molecular complexity index is 417. The topological polar surface area (TPSA) is 58.1 Å². The molecule has 1 N–H and O–H groups in total. The zero-order valence-corrected chi connectivity index (χ0v) is 11.9. The Hall–Kier alpha value is -1.20. The molecule has 0 radical (unpaired) electrons. The molecule has 1 amide bonds. The highest BCUT2D eigenvalue weighted by Gasteiger charge is 2.16. The van der Waals surface area contributed by atoms with Crippen LogP contribution in [-0.2, 0) is 0 Å². The number of carbonyl (C=O) groups excluding carboxylic acids is 1. The van der Waals surface area contributed by atoms with Crippen LogP contribution in [0.5, 0.6) is 0 Å². The van der Waals surface area contributed by atoms with Gasteiger partial charge in [0.05, 0.1) is 12.4 Å². The molecule has 1 saturated heterocycles. The molecule has 2 heterocycles. The fourth-order valence-electron chi connectivity index (χ4n) is 2.30. The van der Waals surface area contributed by atoms with E-state index < -0.39 is 0 Å². The third-order valence-electron chi connectivity index (χ3n) is 3.21. The molecule has 1 unspecified atom stereocenters. The minimum absolute atomic E-state index is 0.100. The molecular formula is C13H19ClN4O. The lowest BCUT2D eigenvalue weighted by molar-refractivity contribution is 0.0920. The fraction of sp³-hybridized carbons (Fsp3) is 0.615. The van der Waals surface area contributed by atoms with Crippen LogP contribution in [0.25, 0.3) is 0 Å². The summed E-state index contributed by atoms with van der Waals surface area (Å²) in [6, 6.07) is 0.100. The molecule has 0 aliphatic carbocycles. The van der Waals surface area contributed by atoms with Crippen molar-refractivity contribution in [2.75, 3.05) is 19.6 Å². The third-order valence-corrected chi connectivity index (χ3v) is 3.41. The van der Waals surface area contributed by atoms with E-state index in [0.29, 0.717) is 5.69 Å². The van der Waals surface area contributed by atoms with E-state index in [1.54, 1.807) is 0 Å². The number of nitrogens with zero attached hydrogens (tertiary/aromatic N) is 3. The number of halogens is 1. The van der Waals surface area contributed by atoms with E-state index in [1.807, 2.05) is 6.92 Å². The summed E-state index contributed by atoms with van der Waals surface area (Å²) in [6.45, 7) is 5.14. The highest BCUT2D eigenvalue weighted by atomic mass is 35.5. The summed E-state index contributed by atoms with van der Waals surface area (Å²) in [5.41, 5.74) is 0.301. The van der Waals surface area contributed by atoms with Gasteiger partial charge in [-0.15, -0.1) is 0 Å². The lowest BCUT2D eigenvalue weighted by Crippen LogP contribution is -2.43. The number of likely N-dealkylation sites (tertiary alicyclic amines) is 1. The predicted octanol–water partition coefficient (Wildman–Crippen LogP) is 1.73. The van der Waals surface area contributed by atoms with E-state index in [2.05, 4.69) is 20.2 Å². The highest BCUT2D eigenvalue weighted by Crippen LogP contribution is 2.09. The Labute approximate surface area is 118 Å². The molecule has 1 fully saturated rings. The molecule has 0 spiro atoms.